The summed E-state index contributed by atoms with van der Waals surface area (Å²) in [5, 5.41) is 0. The Morgan fingerprint density at radius 1 is 1.00 bits per heavy atom. The summed E-state index contributed by atoms with van der Waals surface area (Å²) >= 11 is 0. The lowest BCUT2D eigenvalue weighted by Gasteiger charge is -2.09. The minimum Gasteiger partial charge on any atom is -0.304 e. The molecule has 0 unspecified atom stereocenters. The molecule has 0 aromatic heterocycles. The summed E-state index contributed by atoms with van der Waals surface area (Å²) in [5.41, 5.74) is 0.156. The van der Waals surface area contributed by atoms with E-state index >= 15 is 0 Å². The van der Waals surface area contributed by atoms with Gasteiger partial charge in [0, 0.05) is 5.41 Å². The molecule has 1 saturated carbocycles. The van der Waals surface area contributed by atoms with Gasteiger partial charge in [0.05, 0.1) is 13.2 Å². The van der Waals surface area contributed by atoms with Gasteiger partial charge in [0.25, 0.3) is 0 Å². The van der Waals surface area contributed by atoms with Crippen LogP contribution < -0.4 is 11.8 Å². The summed E-state index contributed by atoms with van der Waals surface area (Å²) in [4.78, 5) is 8.97. The first-order valence-electron chi connectivity index (χ1n) is 2.96. The quantitative estimate of drug-likeness (QED) is 0.651. The highest BCUT2D eigenvalue weighted by Crippen LogP contribution is 2.45. The lowest BCUT2D eigenvalue weighted by atomic mass is 10.1. The van der Waals surface area contributed by atoms with Gasteiger partial charge in [0.1, 0.15) is 0 Å². The minimum atomic E-state index is 0. The summed E-state index contributed by atoms with van der Waals surface area (Å²) in [5.74, 6) is 9.78. The fourth-order valence-electron chi connectivity index (χ4n) is 0.861. The maximum Gasteiger partial charge on any atom is 0.0758 e. The summed E-state index contributed by atoms with van der Waals surface area (Å²) in [7, 11) is 0. The van der Waals surface area contributed by atoms with Crippen molar-refractivity contribution in [2.45, 2.75) is 12.8 Å². The van der Waals surface area contributed by atoms with E-state index < -0.39 is 0 Å². The smallest absolute Gasteiger partial charge is 0.0758 e. The van der Waals surface area contributed by atoms with Crippen LogP contribution in [0.25, 0.3) is 0 Å². The van der Waals surface area contributed by atoms with Crippen LogP contribution in [0.3, 0.4) is 0 Å². The maximum absolute atomic E-state index is 4.89. The van der Waals surface area contributed by atoms with E-state index in [4.69, 9.17) is 11.8 Å². The molecular weight excluding hydrogens is 191 g/mol. The molecule has 4 nitrogen and oxygen atoms in total. The van der Waals surface area contributed by atoms with Gasteiger partial charge in [-0.1, -0.05) is 0 Å². The van der Waals surface area contributed by atoms with Crippen molar-refractivity contribution in [2.24, 2.45) is 17.2 Å². The Labute approximate surface area is 78.3 Å². The van der Waals surface area contributed by atoms with Crippen molar-refractivity contribution in [1.29, 1.82) is 0 Å². The van der Waals surface area contributed by atoms with Gasteiger partial charge in [-0.15, -0.1) is 24.8 Å². The lowest BCUT2D eigenvalue weighted by Crippen LogP contribution is -2.21. The molecule has 0 spiro atoms. The van der Waals surface area contributed by atoms with E-state index in [2.05, 4.69) is 9.68 Å². The predicted octanol–water partition coefficient (Wildman–Crippen LogP) is 0.391. The van der Waals surface area contributed by atoms with Crippen molar-refractivity contribution in [2.75, 3.05) is 13.2 Å². The zero-order valence-corrected chi connectivity index (χ0v) is 7.75. The molecule has 0 aromatic rings. The Balaban J connectivity index is 0. The zero-order valence-electron chi connectivity index (χ0n) is 6.12. The first kappa shape index (κ1) is 14.0. The van der Waals surface area contributed by atoms with Crippen molar-refractivity contribution in [3.8, 4) is 0 Å². The van der Waals surface area contributed by atoms with Crippen LogP contribution in [0.15, 0.2) is 0 Å². The fourth-order valence-corrected chi connectivity index (χ4v) is 0.861. The van der Waals surface area contributed by atoms with Gasteiger partial charge in [-0.3, -0.25) is 0 Å². The van der Waals surface area contributed by atoms with Crippen molar-refractivity contribution in [3.05, 3.63) is 0 Å². The van der Waals surface area contributed by atoms with E-state index in [0.717, 1.165) is 12.8 Å². The molecule has 0 bridgehead atoms. The normalized spacial score (nSPS) is 18.0. The first-order chi connectivity index (χ1) is 4.33. The van der Waals surface area contributed by atoms with Crippen LogP contribution in [0.5, 0.6) is 0 Å². The fraction of sp³-hybridized carbons (Fsp3) is 1.00. The molecule has 0 heterocycles. The second-order valence-corrected chi connectivity index (χ2v) is 2.62. The Hall–Kier alpha value is 0.420. The molecule has 0 radical (unpaired) electrons. The van der Waals surface area contributed by atoms with Gasteiger partial charge >= 0.3 is 0 Å². The van der Waals surface area contributed by atoms with Crippen LogP contribution in [0.2, 0.25) is 0 Å². The molecule has 1 aliphatic rings. The average molecular weight is 205 g/mol. The molecule has 6 heteroatoms. The van der Waals surface area contributed by atoms with Crippen LogP contribution in [-0.2, 0) is 9.68 Å². The molecule has 0 amide bonds. The maximum atomic E-state index is 4.89. The zero-order chi connectivity index (χ0) is 6.74. The first-order valence-corrected chi connectivity index (χ1v) is 2.96. The van der Waals surface area contributed by atoms with Crippen LogP contribution in [0.4, 0.5) is 0 Å². The number of hydrogen-bond donors (Lipinski definition) is 2. The largest absolute Gasteiger partial charge is 0.304 e. The van der Waals surface area contributed by atoms with E-state index in [1.807, 2.05) is 0 Å². The molecular formula is C5H14Cl2N2O2. The van der Waals surface area contributed by atoms with Crippen LogP contribution in [0.1, 0.15) is 12.8 Å². The molecule has 0 saturated heterocycles. The third-order valence-corrected chi connectivity index (χ3v) is 1.74. The summed E-state index contributed by atoms with van der Waals surface area (Å²) in [6.07, 6.45) is 2.22. The van der Waals surface area contributed by atoms with Crippen LogP contribution in [0, 0.1) is 5.41 Å². The van der Waals surface area contributed by atoms with Gasteiger partial charge in [-0.05, 0) is 12.8 Å². The van der Waals surface area contributed by atoms with Crippen LogP contribution in [-0.4, -0.2) is 13.2 Å². The third kappa shape index (κ3) is 4.10. The number of halogens is 2. The van der Waals surface area contributed by atoms with Gasteiger partial charge in [0.15, 0.2) is 0 Å². The second kappa shape index (κ2) is 5.99. The predicted molar refractivity (Wildman–Crippen MR) is 46.4 cm³/mol. The number of hydrogen-bond acceptors (Lipinski definition) is 4. The second-order valence-electron chi connectivity index (χ2n) is 2.62. The number of nitrogens with two attached hydrogens (primary N) is 2. The molecule has 0 aliphatic heterocycles. The van der Waals surface area contributed by atoms with Gasteiger partial charge in [-0.25, -0.2) is 11.8 Å². The average Bonchev–Trinajstić information content (AvgIpc) is 2.51. The molecule has 11 heavy (non-hydrogen) atoms. The molecule has 70 valence electrons. The van der Waals surface area contributed by atoms with E-state index in [0.29, 0.717) is 13.2 Å². The number of rotatable bonds is 4. The topological polar surface area (TPSA) is 70.5 Å². The van der Waals surface area contributed by atoms with E-state index in [1.54, 1.807) is 0 Å². The standard InChI is InChI=1S/C5H12N2O2.2ClH/c6-8-3-5(1-2-5)4-9-7;;/h1-4,6-7H2;2*1H. The summed E-state index contributed by atoms with van der Waals surface area (Å²) in [6.45, 7) is 1.12. The van der Waals surface area contributed by atoms with Crippen molar-refractivity contribution in [1.82, 2.24) is 0 Å². The highest BCUT2D eigenvalue weighted by atomic mass is 35.5. The highest BCUT2D eigenvalue weighted by molar-refractivity contribution is 5.85. The summed E-state index contributed by atoms with van der Waals surface area (Å²) < 4.78 is 0. The molecule has 1 fully saturated rings. The molecule has 0 atom stereocenters. The highest BCUT2D eigenvalue weighted by Gasteiger charge is 2.43. The Bertz CT molecular complexity index is 92.5. The van der Waals surface area contributed by atoms with Crippen molar-refractivity contribution < 1.29 is 9.68 Å². The Kier molecular flexibility index (Phi) is 7.61. The van der Waals surface area contributed by atoms with Gasteiger partial charge < -0.3 is 9.68 Å². The summed E-state index contributed by atoms with van der Waals surface area (Å²) in [6, 6.07) is 0. The van der Waals surface area contributed by atoms with Gasteiger partial charge in [-0.2, -0.15) is 0 Å². The van der Waals surface area contributed by atoms with E-state index in [1.165, 1.54) is 0 Å². The molecule has 1 rings (SSSR count). The molecule has 0 aromatic carbocycles. The molecule has 4 N–H and O–H groups in total. The van der Waals surface area contributed by atoms with E-state index in [-0.39, 0.29) is 30.2 Å². The minimum absolute atomic E-state index is 0. The lowest BCUT2D eigenvalue weighted by molar-refractivity contribution is 0.0268. The monoisotopic (exact) mass is 204 g/mol. The third-order valence-electron chi connectivity index (χ3n) is 1.74. The molecule has 1 aliphatic carbocycles. The van der Waals surface area contributed by atoms with E-state index in [9.17, 15) is 0 Å². The van der Waals surface area contributed by atoms with Crippen molar-refractivity contribution in [3.63, 3.8) is 0 Å². The Morgan fingerprint density at radius 2 is 1.36 bits per heavy atom. The SMILES string of the molecule is Cl.Cl.NOCC1(CON)CC1. The van der Waals surface area contributed by atoms with Crippen LogP contribution >= 0.6 is 24.8 Å². The Morgan fingerprint density at radius 3 is 1.55 bits per heavy atom. The van der Waals surface area contributed by atoms with Crippen molar-refractivity contribution >= 4 is 24.8 Å². The van der Waals surface area contributed by atoms with Gasteiger partial charge in [0.2, 0.25) is 0 Å².